The SMILES string of the molecule is CC(CNC(=O)OC(C)(C)C)Nc1cnccc1N(C)C. The minimum absolute atomic E-state index is 0.0559. The van der Waals surface area contributed by atoms with E-state index >= 15 is 0 Å². The molecule has 0 radical (unpaired) electrons. The lowest BCUT2D eigenvalue weighted by atomic mass is 10.2. The fourth-order valence-electron chi connectivity index (χ4n) is 1.76. The molecule has 0 aliphatic rings. The zero-order chi connectivity index (χ0) is 16.0. The van der Waals surface area contributed by atoms with Gasteiger partial charge in [-0.3, -0.25) is 4.98 Å². The van der Waals surface area contributed by atoms with Crippen molar-refractivity contribution in [3.05, 3.63) is 18.5 Å². The molecule has 6 nitrogen and oxygen atoms in total. The van der Waals surface area contributed by atoms with Crippen LogP contribution in [0.3, 0.4) is 0 Å². The third kappa shape index (κ3) is 6.33. The smallest absolute Gasteiger partial charge is 0.407 e. The van der Waals surface area contributed by atoms with Crippen LogP contribution in [0, 0.1) is 0 Å². The highest BCUT2D eigenvalue weighted by atomic mass is 16.6. The predicted molar refractivity (Wildman–Crippen MR) is 85.9 cm³/mol. The largest absolute Gasteiger partial charge is 0.444 e. The summed E-state index contributed by atoms with van der Waals surface area (Å²) >= 11 is 0. The number of hydrogen-bond donors (Lipinski definition) is 2. The molecule has 1 aromatic rings. The van der Waals surface area contributed by atoms with Crippen molar-refractivity contribution in [2.45, 2.75) is 39.3 Å². The second kappa shape index (κ2) is 7.15. The van der Waals surface area contributed by atoms with Crippen molar-refractivity contribution >= 4 is 17.5 Å². The Morgan fingerprint density at radius 3 is 2.67 bits per heavy atom. The number of carbonyl (C=O) groups excluding carboxylic acids is 1. The summed E-state index contributed by atoms with van der Waals surface area (Å²) in [6.45, 7) is 7.98. The molecule has 0 aliphatic heterocycles. The molecule has 1 atom stereocenters. The van der Waals surface area contributed by atoms with Crippen molar-refractivity contribution in [2.24, 2.45) is 0 Å². The minimum atomic E-state index is -0.484. The zero-order valence-electron chi connectivity index (χ0n) is 13.7. The quantitative estimate of drug-likeness (QED) is 0.873. The fraction of sp³-hybridized carbons (Fsp3) is 0.600. The van der Waals surface area contributed by atoms with Gasteiger partial charge in [0.05, 0.1) is 17.6 Å². The summed E-state index contributed by atoms with van der Waals surface area (Å²) in [7, 11) is 3.95. The Labute approximate surface area is 126 Å². The van der Waals surface area contributed by atoms with Crippen molar-refractivity contribution in [1.82, 2.24) is 10.3 Å². The number of aromatic nitrogens is 1. The predicted octanol–water partition coefficient (Wildman–Crippen LogP) is 2.47. The molecule has 1 heterocycles. The number of carbonyl (C=O) groups is 1. The molecule has 2 N–H and O–H groups in total. The van der Waals surface area contributed by atoms with Gasteiger partial charge in [-0.1, -0.05) is 0 Å². The number of hydrogen-bond acceptors (Lipinski definition) is 5. The maximum atomic E-state index is 11.6. The van der Waals surface area contributed by atoms with E-state index in [4.69, 9.17) is 4.74 Å². The molecule has 0 spiro atoms. The monoisotopic (exact) mass is 294 g/mol. The molecular formula is C15H26N4O2. The first-order valence-corrected chi connectivity index (χ1v) is 7.04. The Hall–Kier alpha value is -1.98. The lowest BCUT2D eigenvalue weighted by Crippen LogP contribution is -2.38. The van der Waals surface area contributed by atoms with Crippen LogP contribution in [0.1, 0.15) is 27.7 Å². The fourth-order valence-corrected chi connectivity index (χ4v) is 1.76. The van der Waals surface area contributed by atoms with Crippen molar-refractivity contribution < 1.29 is 9.53 Å². The molecule has 1 unspecified atom stereocenters. The van der Waals surface area contributed by atoms with Gasteiger partial charge < -0.3 is 20.3 Å². The summed E-state index contributed by atoms with van der Waals surface area (Å²) < 4.78 is 5.20. The lowest BCUT2D eigenvalue weighted by Gasteiger charge is -2.23. The molecular weight excluding hydrogens is 268 g/mol. The summed E-state index contributed by atoms with van der Waals surface area (Å²) in [5.74, 6) is 0. The summed E-state index contributed by atoms with van der Waals surface area (Å²) in [4.78, 5) is 17.7. The van der Waals surface area contributed by atoms with Gasteiger partial charge in [0.2, 0.25) is 0 Å². The van der Waals surface area contributed by atoms with Crippen LogP contribution in [0.15, 0.2) is 18.5 Å². The number of pyridine rings is 1. The Morgan fingerprint density at radius 1 is 1.43 bits per heavy atom. The van der Waals surface area contributed by atoms with Crippen LogP contribution in [0.4, 0.5) is 16.2 Å². The van der Waals surface area contributed by atoms with Crippen molar-refractivity contribution in [3.8, 4) is 0 Å². The van der Waals surface area contributed by atoms with Gasteiger partial charge in [-0.2, -0.15) is 0 Å². The summed E-state index contributed by atoms with van der Waals surface area (Å²) in [6.07, 6.45) is 3.12. The van der Waals surface area contributed by atoms with Crippen molar-refractivity contribution in [1.29, 1.82) is 0 Å². The van der Waals surface area contributed by atoms with E-state index in [1.807, 2.05) is 52.8 Å². The second-order valence-electron chi connectivity index (χ2n) is 6.22. The Morgan fingerprint density at radius 2 is 2.10 bits per heavy atom. The lowest BCUT2D eigenvalue weighted by molar-refractivity contribution is 0.0526. The molecule has 21 heavy (non-hydrogen) atoms. The van der Waals surface area contributed by atoms with Crippen LogP contribution < -0.4 is 15.5 Å². The molecule has 0 saturated carbocycles. The van der Waals surface area contributed by atoms with Gasteiger partial charge in [-0.15, -0.1) is 0 Å². The van der Waals surface area contributed by atoms with Crippen LogP contribution in [0.2, 0.25) is 0 Å². The summed E-state index contributed by atoms with van der Waals surface area (Å²) in [5, 5.41) is 6.09. The Bertz CT molecular complexity index is 469. The van der Waals surface area contributed by atoms with Gasteiger partial charge in [0.1, 0.15) is 5.60 Å². The number of nitrogens with one attached hydrogen (secondary N) is 2. The molecule has 0 aliphatic carbocycles. The second-order valence-corrected chi connectivity index (χ2v) is 6.22. The van der Waals surface area contributed by atoms with Gasteiger partial charge in [0.25, 0.3) is 0 Å². The number of rotatable bonds is 5. The van der Waals surface area contributed by atoms with E-state index in [0.29, 0.717) is 6.54 Å². The Balaban J connectivity index is 2.51. The topological polar surface area (TPSA) is 66.5 Å². The maximum absolute atomic E-state index is 11.6. The maximum Gasteiger partial charge on any atom is 0.407 e. The molecule has 1 rings (SSSR count). The molecule has 1 amide bonds. The molecule has 0 fully saturated rings. The third-order valence-electron chi connectivity index (χ3n) is 2.63. The number of amides is 1. The molecule has 6 heteroatoms. The highest BCUT2D eigenvalue weighted by Gasteiger charge is 2.16. The zero-order valence-corrected chi connectivity index (χ0v) is 13.7. The van der Waals surface area contributed by atoms with Crippen LogP contribution in [0.5, 0.6) is 0 Å². The number of ether oxygens (including phenoxy) is 1. The number of anilines is 2. The molecule has 0 aromatic carbocycles. The summed E-state index contributed by atoms with van der Waals surface area (Å²) in [5.41, 5.74) is 1.50. The highest BCUT2D eigenvalue weighted by molar-refractivity contribution is 5.69. The van der Waals surface area contributed by atoms with Crippen LogP contribution >= 0.6 is 0 Å². The summed E-state index contributed by atoms with van der Waals surface area (Å²) in [6, 6.07) is 2.00. The normalized spacial score (nSPS) is 12.5. The van der Waals surface area contributed by atoms with Gasteiger partial charge in [0.15, 0.2) is 0 Å². The van der Waals surface area contributed by atoms with Crippen LogP contribution in [-0.2, 0) is 4.74 Å². The van der Waals surface area contributed by atoms with Crippen molar-refractivity contribution in [2.75, 3.05) is 30.9 Å². The van der Waals surface area contributed by atoms with E-state index in [-0.39, 0.29) is 6.04 Å². The first-order valence-electron chi connectivity index (χ1n) is 7.04. The van der Waals surface area contributed by atoms with Gasteiger partial charge in [-0.25, -0.2) is 4.79 Å². The first kappa shape index (κ1) is 17.1. The molecule has 1 aromatic heterocycles. The van der Waals surface area contributed by atoms with Crippen LogP contribution in [0.25, 0.3) is 0 Å². The molecule has 118 valence electrons. The molecule has 0 saturated heterocycles. The van der Waals surface area contributed by atoms with E-state index in [9.17, 15) is 4.79 Å². The van der Waals surface area contributed by atoms with E-state index in [2.05, 4.69) is 15.6 Å². The average Bonchev–Trinajstić information content (AvgIpc) is 2.35. The number of nitrogens with zero attached hydrogens (tertiary/aromatic N) is 2. The highest BCUT2D eigenvalue weighted by Crippen LogP contribution is 2.22. The first-order chi connectivity index (χ1) is 9.69. The standard InChI is InChI=1S/C15H26N4O2/c1-11(9-17-14(20)21-15(2,3)4)18-12-10-16-8-7-13(12)19(5)6/h7-8,10-11,18H,9H2,1-6H3,(H,17,20). The van der Waals surface area contributed by atoms with E-state index in [1.54, 1.807) is 12.4 Å². The van der Waals surface area contributed by atoms with E-state index < -0.39 is 11.7 Å². The molecule has 0 bridgehead atoms. The van der Waals surface area contributed by atoms with Crippen LogP contribution in [-0.4, -0.2) is 43.4 Å². The van der Waals surface area contributed by atoms with Crippen molar-refractivity contribution in [3.63, 3.8) is 0 Å². The van der Waals surface area contributed by atoms with E-state index in [0.717, 1.165) is 11.4 Å². The minimum Gasteiger partial charge on any atom is -0.444 e. The Kier molecular flexibility index (Phi) is 5.81. The van der Waals surface area contributed by atoms with Gasteiger partial charge in [-0.05, 0) is 33.8 Å². The third-order valence-corrected chi connectivity index (χ3v) is 2.63. The average molecular weight is 294 g/mol. The van der Waals surface area contributed by atoms with Gasteiger partial charge >= 0.3 is 6.09 Å². The van der Waals surface area contributed by atoms with E-state index in [1.165, 1.54) is 0 Å². The van der Waals surface area contributed by atoms with Gasteiger partial charge in [0, 0.05) is 32.9 Å². The number of alkyl carbamates (subject to hydrolysis) is 1.